The minimum atomic E-state index is -0.905. The van der Waals surface area contributed by atoms with Gasteiger partial charge in [0, 0.05) is 23.1 Å². The summed E-state index contributed by atoms with van der Waals surface area (Å²) >= 11 is 0. The number of azo groups is 1. The van der Waals surface area contributed by atoms with E-state index in [0.29, 0.717) is 28.0 Å². The number of carbonyl (C=O) groups is 2. The summed E-state index contributed by atoms with van der Waals surface area (Å²) in [6.45, 7) is 0.0739. The smallest absolute Gasteiger partial charge is 0.311 e. The topological polar surface area (TPSA) is 169 Å². The molecule has 0 atom stereocenters. The second-order valence-electron chi connectivity index (χ2n) is 7.81. The molecule has 5 rings (SSSR count). The van der Waals surface area contributed by atoms with Crippen LogP contribution in [0, 0.1) is 10.1 Å². The minimum absolute atomic E-state index is 0.0739. The molecule has 0 saturated heterocycles. The molecule has 0 unspecified atom stereocenters. The highest BCUT2D eigenvalue weighted by atomic mass is 16.7. The average Bonchev–Trinajstić information content (AvgIpc) is 3.49. The van der Waals surface area contributed by atoms with Crippen molar-refractivity contribution in [2.75, 3.05) is 6.79 Å². The average molecular weight is 499 g/mol. The number of hydrogen-bond donors (Lipinski definition) is 3. The number of aromatic nitrogens is 1. The standard InChI is InChI=1S/C25H17N5O7/c31-23(15-4-2-1-3-5-15)27-19(10-14-6-9-20-21(11-14)37-13-36-20)24(32)29-28-22-17-8-7-16(30(34)35)12-18(17)26-25(22)33/h1-12,26,33H,13H2,(H,27,31). The lowest BCUT2D eigenvalue weighted by Crippen LogP contribution is -2.26. The third-order valence-corrected chi connectivity index (χ3v) is 5.41. The van der Waals surface area contributed by atoms with Crippen LogP contribution in [0.2, 0.25) is 0 Å². The molecule has 1 aliphatic heterocycles. The number of rotatable bonds is 6. The second-order valence-corrected chi connectivity index (χ2v) is 7.81. The molecule has 1 aliphatic rings. The fourth-order valence-electron chi connectivity index (χ4n) is 3.63. The van der Waals surface area contributed by atoms with Gasteiger partial charge >= 0.3 is 5.91 Å². The zero-order valence-electron chi connectivity index (χ0n) is 18.9. The van der Waals surface area contributed by atoms with Crippen molar-refractivity contribution in [1.29, 1.82) is 0 Å². The first-order valence-corrected chi connectivity index (χ1v) is 10.8. The molecule has 184 valence electrons. The lowest BCUT2D eigenvalue weighted by Gasteiger charge is -2.07. The fraction of sp³-hybridized carbons (Fsp3) is 0.0400. The van der Waals surface area contributed by atoms with E-state index < -0.39 is 22.6 Å². The highest BCUT2D eigenvalue weighted by molar-refractivity contribution is 6.05. The van der Waals surface area contributed by atoms with Gasteiger partial charge in [-0.15, -0.1) is 10.2 Å². The van der Waals surface area contributed by atoms with E-state index in [2.05, 4.69) is 20.5 Å². The molecule has 0 aliphatic carbocycles. The summed E-state index contributed by atoms with van der Waals surface area (Å²) in [5.41, 5.74) is 0.618. The van der Waals surface area contributed by atoms with Crippen LogP contribution in [0.25, 0.3) is 17.0 Å². The highest BCUT2D eigenvalue weighted by Crippen LogP contribution is 2.37. The molecule has 0 fully saturated rings. The normalized spacial score (nSPS) is 12.7. The summed E-state index contributed by atoms with van der Waals surface area (Å²) in [7, 11) is 0. The van der Waals surface area contributed by atoms with Crippen molar-refractivity contribution in [1.82, 2.24) is 10.3 Å². The maximum Gasteiger partial charge on any atom is 0.311 e. The number of carbonyl (C=O) groups excluding carboxylic acids is 2. The van der Waals surface area contributed by atoms with Crippen molar-refractivity contribution >= 4 is 40.2 Å². The van der Waals surface area contributed by atoms with E-state index in [1.807, 2.05) is 0 Å². The van der Waals surface area contributed by atoms with Crippen molar-refractivity contribution in [3.63, 3.8) is 0 Å². The van der Waals surface area contributed by atoms with Crippen LogP contribution in [0.15, 0.2) is 82.7 Å². The number of non-ortho nitro benzene ring substituents is 1. The lowest BCUT2D eigenvalue weighted by atomic mass is 10.1. The van der Waals surface area contributed by atoms with Crippen LogP contribution in [0.3, 0.4) is 0 Å². The van der Waals surface area contributed by atoms with Crippen LogP contribution in [0.4, 0.5) is 11.4 Å². The van der Waals surface area contributed by atoms with Crippen LogP contribution in [-0.4, -0.2) is 33.6 Å². The number of amides is 2. The molecule has 2 amide bonds. The molecule has 3 aromatic carbocycles. The van der Waals surface area contributed by atoms with Gasteiger partial charge in [-0.1, -0.05) is 24.3 Å². The van der Waals surface area contributed by atoms with Crippen LogP contribution in [0.5, 0.6) is 17.4 Å². The summed E-state index contributed by atoms with van der Waals surface area (Å²) in [5.74, 6) is -0.847. The number of hydrogen-bond acceptors (Lipinski definition) is 8. The maximum atomic E-state index is 13.1. The lowest BCUT2D eigenvalue weighted by molar-refractivity contribution is -0.384. The van der Waals surface area contributed by atoms with Crippen LogP contribution in [0.1, 0.15) is 15.9 Å². The van der Waals surface area contributed by atoms with Gasteiger partial charge in [0.15, 0.2) is 17.2 Å². The molecule has 12 heteroatoms. The van der Waals surface area contributed by atoms with Gasteiger partial charge in [0.25, 0.3) is 11.6 Å². The molecular weight excluding hydrogens is 482 g/mol. The maximum absolute atomic E-state index is 13.1. The first-order chi connectivity index (χ1) is 17.9. The Kier molecular flexibility index (Phi) is 6.04. The van der Waals surface area contributed by atoms with Gasteiger partial charge in [-0.3, -0.25) is 19.7 Å². The first-order valence-electron chi connectivity index (χ1n) is 10.8. The van der Waals surface area contributed by atoms with E-state index in [0.717, 1.165) is 0 Å². The number of aromatic hydroxyl groups is 1. The van der Waals surface area contributed by atoms with Crippen molar-refractivity contribution in [2.45, 2.75) is 0 Å². The number of nitrogens with one attached hydrogen (secondary N) is 2. The predicted octanol–water partition coefficient (Wildman–Crippen LogP) is 4.59. The SMILES string of the molecule is O=C(N=Nc1c(O)[nH]c2cc([N+](=O)[O-])ccc12)C(=Cc1ccc2c(c1)OCO2)NC(=O)c1ccccc1. The van der Waals surface area contributed by atoms with Gasteiger partial charge < -0.3 is 24.9 Å². The fourth-order valence-corrected chi connectivity index (χ4v) is 3.63. The zero-order valence-corrected chi connectivity index (χ0v) is 18.9. The van der Waals surface area contributed by atoms with E-state index in [-0.39, 0.29) is 29.4 Å². The Labute approximate surface area is 208 Å². The van der Waals surface area contributed by atoms with Crippen LogP contribution < -0.4 is 14.8 Å². The third-order valence-electron chi connectivity index (χ3n) is 5.41. The van der Waals surface area contributed by atoms with Crippen molar-refractivity contribution in [2.24, 2.45) is 10.2 Å². The van der Waals surface area contributed by atoms with Gasteiger partial charge in [-0.05, 0) is 42.0 Å². The van der Waals surface area contributed by atoms with Crippen molar-refractivity contribution in [3.8, 4) is 17.4 Å². The summed E-state index contributed by atoms with van der Waals surface area (Å²) in [6, 6.07) is 17.1. The van der Waals surface area contributed by atoms with Gasteiger partial charge in [0.05, 0.1) is 10.4 Å². The Balaban J connectivity index is 1.47. The molecule has 0 radical (unpaired) electrons. The zero-order chi connectivity index (χ0) is 25.9. The highest BCUT2D eigenvalue weighted by Gasteiger charge is 2.19. The predicted molar refractivity (Wildman–Crippen MR) is 131 cm³/mol. The van der Waals surface area contributed by atoms with E-state index >= 15 is 0 Å². The number of H-pyrrole nitrogens is 1. The molecule has 12 nitrogen and oxygen atoms in total. The summed E-state index contributed by atoms with van der Waals surface area (Å²) in [5, 5.41) is 31.7. The Morgan fingerprint density at radius 3 is 2.62 bits per heavy atom. The van der Waals surface area contributed by atoms with Gasteiger partial charge in [0.1, 0.15) is 5.70 Å². The number of nitro benzene ring substituents is 1. The molecule has 4 aromatic rings. The Morgan fingerprint density at radius 2 is 1.84 bits per heavy atom. The third kappa shape index (κ3) is 4.84. The van der Waals surface area contributed by atoms with E-state index in [9.17, 15) is 24.8 Å². The number of fused-ring (bicyclic) bond motifs is 2. The molecule has 37 heavy (non-hydrogen) atoms. The number of ether oxygens (including phenoxy) is 2. The molecular formula is C25H17N5O7. The summed E-state index contributed by atoms with van der Waals surface area (Å²) in [4.78, 5) is 38.8. The minimum Gasteiger partial charge on any atom is -0.493 e. The second kappa shape index (κ2) is 9.62. The molecule has 1 aromatic heterocycles. The van der Waals surface area contributed by atoms with Gasteiger partial charge in [0.2, 0.25) is 12.7 Å². The van der Waals surface area contributed by atoms with Gasteiger partial charge in [-0.25, -0.2) is 0 Å². The van der Waals surface area contributed by atoms with Gasteiger partial charge in [-0.2, -0.15) is 0 Å². The number of nitrogens with zero attached hydrogens (tertiary/aromatic N) is 3. The van der Waals surface area contributed by atoms with Crippen molar-refractivity contribution < 1.29 is 29.1 Å². The monoisotopic (exact) mass is 499 g/mol. The van der Waals surface area contributed by atoms with Crippen molar-refractivity contribution in [3.05, 3.63) is 93.7 Å². The summed E-state index contributed by atoms with van der Waals surface area (Å²) in [6.07, 6.45) is 1.41. The quantitative estimate of drug-likeness (QED) is 0.151. The van der Waals surface area contributed by atoms with E-state index in [1.54, 1.807) is 48.5 Å². The van der Waals surface area contributed by atoms with E-state index in [4.69, 9.17) is 9.47 Å². The number of nitro groups is 1. The van der Waals surface area contributed by atoms with Crippen LogP contribution in [-0.2, 0) is 4.79 Å². The Bertz CT molecular complexity index is 1610. The Hall–Kier alpha value is -5.52. The molecule has 0 bridgehead atoms. The number of benzene rings is 3. The Morgan fingerprint density at radius 1 is 1.05 bits per heavy atom. The van der Waals surface area contributed by atoms with Crippen LogP contribution >= 0.6 is 0 Å². The first kappa shape index (κ1) is 23.2. The molecule has 2 heterocycles. The molecule has 0 spiro atoms. The van der Waals surface area contributed by atoms with E-state index in [1.165, 1.54) is 24.3 Å². The summed E-state index contributed by atoms with van der Waals surface area (Å²) < 4.78 is 10.7. The molecule has 0 saturated carbocycles. The molecule has 3 N–H and O–H groups in total. The largest absolute Gasteiger partial charge is 0.493 e. The number of aromatic amines is 1.